The number of hydrogen-bond acceptors (Lipinski definition) is 4. The molecule has 0 saturated carbocycles. The van der Waals surface area contributed by atoms with Gasteiger partial charge in [-0.25, -0.2) is 4.79 Å². The van der Waals surface area contributed by atoms with Crippen molar-refractivity contribution in [1.29, 1.82) is 0 Å². The van der Waals surface area contributed by atoms with E-state index in [4.69, 9.17) is 9.84 Å². The Morgan fingerprint density at radius 1 is 1.50 bits per heavy atom. The van der Waals surface area contributed by atoms with Gasteiger partial charge in [0, 0.05) is 0 Å². The average Bonchev–Trinajstić information content (AvgIpc) is 2.09. The van der Waals surface area contributed by atoms with Gasteiger partial charge < -0.3 is 14.6 Å². The summed E-state index contributed by atoms with van der Waals surface area (Å²) in [7, 11) is 1.27. The lowest BCUT2D eigenvalue weighted by Crippen LogP contribution is -2.22. The minimum Gasteiger partial charge on any atom is -0.438 e. The summed E-state index contributed by atoms with van der Waals surface area (Å²) in [6.45, 7) is 0. The van der Waals surface area contributed by atoms with Crippen LogP contribution in [0.15, 0.2) is 12.2 Å². The van der Waals surface area contributed by atoms with Crippen molar-refractivity contribution in [1.82, 2.24) is 0 Å². The van der Waals surface area contributed by atoms with Crippen molar-refractivity contribution >= 4 is 6.16 Å². The molecule has 1 aliphatic rings. The molecule has 0 spiro atoms. The zero-order valence-electron chi connectivity index (χ0n) is 6.90. The third kappa shape index (κ3) is 2.54. The first kappa shape index (κ1) is 9.06. The van der Waals surface area contributed by atoms with Crippen LogP contribution in [0.25, 0.3) is 0 Å². The van der Waals surface area contributed by atoms with Crippen LogP contribution in [-0.2, 0) is 9.47 Å². The highest BCUT2D eigenvalue weighted by molar-refractivity contribution is 5.60. The Balaban J connectivity index is 2.35. The van der Waals surface area contributed by atoms with Crippen molar-refractivity contribution in [3.8, 4) is 0 Å². The minimum absolute atomic E-state index is 0.249. The second kappa shape index (κ2) is 4.11. The first-order valence-electron chi connectivity index (χ1n) is 3.83. The molecule has 2 atom stereocenters. The number of methoxy groups -OCH3 is 1. The van der Waals surface area contributed by atoms with Crippen LogP contribution in [0.4, 0.5) is 4.79 Å². The predicted molar refractivity (Wildman–Crippen MR) is 41.7 cm³/mol. The van der Waals surface area contributed by atoms with Gasteiger partial charge in [-0.1, -0.05) is 6.08 Å². The molecule has 0 fully saturated rings. The van der Waals surface area contributed by atoms with Gasteiger partial charge in [0.05, 0.1) is 13.2 Å². The van der Waals surface area contributed by atoms with Gasteiger partial charge in [-0.2, -0.15) is 0 Å². The molecule has 2 unspecified atom stereocenters. The zero-order valence-corrected chi connectivity index (χ0v) is 6.90. The van der Waals surface area contributed by atoms with Crippen molar-refractivity contribution in [3.63, 3.8) is 0 Å². The molecule has 0 amide bonds. The summed E-state index contributed by atoms with van der Waals surface area (Å²) < 4.78 is 9.15. The predicted octanol–water partition coefficient (Wildman–Crippen LogP) is 0.849. The number of hydrogen-bond donors (Lipinski definition) is 1. The van der Waals surface area contributed by atoms with Crippen LogP contribution < -0.4 is 0 Å². The standard InChI is InChI=1S/C8H12O4/c1-11-8(10)12-7-4-2-6(9)3-5-7/h2,4,6-7,9H,3,5H2,1H3. The fraction of sp³-hybridized carbons (Fsp3) is 0.625. The summed E-state index contributed by atoms with van der Waals surface area (Å²) in [5.74, 6) is 0. The SMILES string of the molecule is COC(=O)OC1C=CC(O)CC1. The molecule has 12 heavy (non-hydrogen) atoms. The largest absolute Gasteiger partial charge is 0.508 e. The first-order valence-corrected chi connectivity index (χ1v) is 3.83. The van der Waals surface area contributed by atoms with E-state index in [1.54, 1.807) is 12.2 Å². The van der Waals surface area contributed by atoms with Gasteiger partial charge in [-0.15, -0.1) is 0 Å². The van der Waals surface area contributed by atoms with E-state index in [0.717, 1.165) is 0 Å². The van der Waals surface area contributed by atoms with Gasteiger partial charge in [0.15, 0.2) is 0 Å². The molecule has 4 nitrogen and oxygen atoms in total. The van der Waals surface area contributed by atoms with E-state index in [-0.39, 0.29) is 6.10 Å². The molecule has 0 heterocycles. The lowest BCUT2D eigenvalue weighted by molar-refractivity contribution is 0.0419. The summed E-state index contributed by atoms with van der Waals surface area (Å²) in [6, 6.07) is 0. The lowest BCUT2D eigenvalue weighted by atomic mass is 10.0. The number of aliphatic hydroxyl groups is 1. The summed E-state index contributed by atoms with van der Waals surface area (Å²) >= 11 is 0. The first-order chi connectivity index (χ1) is 5.72. The smallest absolute Gasteiger partial charge is 0.438 e. The van der Waals surface area contributed by atoms with Crippen molar-refractivity contribution in [2.45, 2.75) is 25.0 Å². The van der Waals surface area contributed by atoms with E-state index in [9.17, 15) is 4.79 Å². The molecule has 4 heteroatoms. The van der Waals surface area contributed by atoms with Gasteiger partial charge in [-0.05, 0) is 18.9 Å². The molecular formula is C8H12O4. The Hall–Kier alpha value is -1.03. The van der Waals surface area contributed by atoms with Crippen molar-refractivity contribution in [3.05, 3.63) is 12.2 Å². The quantitative estimate of drug-likeness (QED) is 0.470. The maximum absolute atomic E-state index is 10.6. The summed E-state index contributed by atoms with van der Waals surface area (Å²) in [6.07, 6.45) is 3.23. The summed E-state index contributed by atoms with van der Waals surface area (Å²) in [4.78, 5) is 10.6. The van der Waals surface area contributed by atoms with E-state index < -0.39 is 12.3 Å². The van der Waals surface area contributed by atoms with Crippen LogP contribution >= 0.6 is 0 Å². The average molecular weight is 172 g/mol. The number of carbonyl (C=O) groups excluding carboxylic acids is 1. The van der Waals surface area contributed by atoms with Crippen LogP contribution in [0.3, 0.4) is 0 Å². The van der Waals surface area contributed by atoms with Crippen LogP contribution in [0.5, 0.6) is 0 Å². The number of rotatable bonds is 1. The summed E-state index contributed by atoms with van der Waals surface area (Å²) in [5.41, 5.74) is 0. The lowest BCUT2D eigenvalue weighted by Gasteiger charge is -2.18. The molecule has 0 radical (unpaired) electrons. The van der Waals surface area contributed by atoms with Gasteiger partial charge in [0.2, 0.25) is 0 Å². The minimum atomic E-state index is -0.680. The van der Waals surface area contributed by atoms with Crippen LogP contribution in [-0.4, -0.2) is 30.6 Å². The van der Waals surface area contributed by atoms with Crippen LogP contribution in [0, 0.1) is 0 Å². The molecule has 68 valence electrons. The van der Waals surface area contributed by atoms with Gasteiger partial charge in [0.1, 0.15) is 6.10 Å². The molecule has 0 aromatic heterocycles. The molecule has 0 aromatic rings. The second-order valence-corrected chi connectivity index (χ2v) is 2.64. The fourth-order valence-electron chi connectivity index (χ4n) is 1.05. The fourth-order valence-corrected chi connectivity index (χ4v) is 1.05. The highest BCUT2D eigenvalue weighted by atomic mass is 16.7. The van der Waals surface area contributed by atoms with E-state index >= 15 is 0 Å². The highest BCUT2D eigenvalue weighted by Gasteiger charge is 2.17. The van der Waals surface area contributed by atoms with Crippen LogP contribution in [0.1, 0.15) is 12.8 Å². The Morgan fingerprint density at radius 2 is 2.25 bits per heavy atom. The van der Waals surface area contributed by atoms with Crippen molar-refractivity contribution in [2.24, 2.45) is 0 Å². The highest BCUT2D eigenvalue weighted by Crippen LogP contribution is 2.14. The second-order valence-electron chi connectivity index (χ2n) is 2.64. The third-order valence-electron chi connectivity index (χ3n) is 1.71. The Labute approximate surface area is 70.8 Å². The molecule has 1 N–H and O–H groups in total. The maximum atomic E-state index is 10.6. The number of aliphatic hydroxyl groups excluding tert-OH is 1. The van der Waals surface area contributed by atoms with E-state index in [1.165, 1.54) is 7.11 Å². The normalized spacial score (nSPS) is 28.2. The van der Waals surface area contributed by atoms with Crippen molar-refractivity contribution in [2.75, 3.05) is 7.11 Å². The van der Waals surface area contributed by atoms with E-state index in [1.807, 2.05) is 0 Å². The summed E-state index contributed by atoms with van der Waals surface area (Å²) in [5, 5.41) is 9.06. The number of ether oxygens (including phenoxy) is 2. The molecule has 0 bridgehead atoms. The molecule has 1 rings (SSSR count). The molecule has 0 aliphatic heterocycles. The molecular weight excluding hydrogens is 160 g/mol. The Morgan fingerprint density at radius 3 is 2.75 bits per heavy atom. The Kier molecular flexibility index (Phi) is 3.10. The number of carbonyl (C=O) groups is 1. The molecule has 1 aliphatic carbocycles. The van der Waals surface area contributed by atoms with E-state index in [2.05, 4.69) is 4.74 Å². The maximum Gasteiger partial charge on any atom is 0.508 e. The third-order valence-corrected chi connectivity index (χ3v) is 1.71. The topological polar surface area (TPSA) is 55.8 Å². The monoisotopic (exact) mass is 172 g/mol. The van der Waals surface area contributed by atoms with Gasteiger partial charge in [0.25, 0.3) is 0 Å². The molecule has 0 saturated heterocycles. The van der Waals surface area contributed by atoms with Gasteiger partial charge in [-0.3, -0.25) is 0 Å². The van der Waals surface area contributed by atoms with Crippen molar-refractivity contribution < 1.29 is 19.4 Å². The van der Waals surface area contributed by atoms with Crippen LogP contribution in [0.2, 0.25) is 0 Å². The van der Waals surface area contributed by atoms with E-state index in [0.29, 0.717) is 12.8 Å². The Bertz CT molecular complexity index is 187. The zero-order chi connectivity index (χ0) is 8.97. The van der Waals surface area contributed by atoms with Gasteiger partial charge >= 0.3 is 6.16 Å². The molecule has 0 aromatic carbocycles.